The van der Waals surface area contributed by atoms with Gasteiger partial charge in [-0.15, -0.1) is 0 Å². The summed E-state index contributed by atoms with van der Waals surface area (Å²) >= 11 is 0. The molecular formula is C12H23N3O2. The van der Waals surface area contributed by atoms with Gasteiger partial charge in [0.05, 0.1) is 6.54 Å². The van der Waals surface area contributed by atoms with Gasteiger partial charge in [-0.25, -0.2) is 0 Å². The first kappa shape index (κ1) is 14.0. The number of carbonyl (C=O) groups is 2. The standard InChI is InChI=1S/C12H23N3O2/c1-3-6-14-11(16)9-15(2)12(17)10-4-7-13-8-5-10/h10,13H,3-9H2,1-2H3,(H,14,16). The van der Waals surface area contributed by atoms with Crippen molar-refractivity contribution in [2.24, 2.45) is 5.92 Å². The summed E-state index contributed by atoms with van der Waals surface area (Å²) in [5, 5.41) is 6.00. The molecule has 0 aliphatic carbocycles. The Morgan fingerprint density at radius 2 is 2.00 bits per heavy atom. The molecule has 17 heavy (non-hydrogen) atoms. The van der Waals surface area contributed by atoms with Gasteiger partial charge < -0.3 is 15.5 Å². The minimum atomic E-state index is -0.0726. The molecule has 5 nitrogen and oxygen atoms in total. The highest BCUT2D eigenvalue weighted by Crippen LogP contribution is 2.14. The Morgan fingerprint density at radius 3 is 2.59 bits per heavy atom. The third kappa shape index (κ3) is 4.73. The van der Waals surface area contributed by atoms with Crippen LogP contribution < -0.4 is 10.6 Å². The maximum atomic E-state index is 12.0. The number of piperidine rings is 1. The summed E-state index contributed by atoms with van der Waals surface area (Å²) in [5.74, 6) is 0.106. The Morgan fingerprint density at radius 1 is 1.35 bits per heavy atom. The first-order chi connectivity index (χ1) is 8.15. The Labute approximate surface area is 103 Å². The Balaban J connectivity index is 2.32. The van der Waals surface area contributed by atoms with E-state index in [1.165, 1.54) is 0 Å². The zero-order chi connectivity index (χ0) is 12.7. The molecule has 5 heteroatoms. The van der Waals surface area contributed by atoms with Crippen molar-refractivity contribution >= 4 is 11.8 Å². The molecule has 1 heterocycles. The van der Waals surface area contributed by atoms with Crippen LogP contribution in [0, 0.1) is 5.92 Å². The highest BCUT2D eigenvalue weighted by atomic mass is 16.2. The number of likely N-dealkylation sites (N-methyl/N-ethyl adjacent to an activating group) is 1. The van der Waals surface area contributed by atoms with Crippen molar-refractivity contribution in [2.45, 2.75) is 26.2 Å². The maximum absolute atomic E-state index is 12.0. The minimum Gasteiger partial charge on any atom is -0.355 e. The fourth-order valence-corrected chi connectivity index (χ4v) is 1.99. The monoisotopic (exact) mass is 241 g/mol. The third-order valence-corrected chi connectivity index (χ3v) is 3.02. The van der Waals surface area contributed by atoms with Crippen molar-refractivity contribution in [3.63, 3.8) is 0 Å². The summed E-state index contributed by atoms with van der Waals surface area (Å²) < 4.78 is 0. The summed E-state index contributed by atoms with van der Waals surface area (Å²) in [5.41, 5.74) is 0. The maximum Gasteiger partial charge on any atom is 0.239 e. The van der Waals surface area contributed by atoms with E-state index in [1.54, 1.807) is 11.9 Å². The van der Waals surface area contributed by atoms with Gasteiger partial charge in [-0.05, 0) is 32.4 Å². The molecule has 2 amide bonds. The summed E-state index contributed by atoms with van der Waals surface area (Å²) in [6, 6.07) is 0. The van der Waals surface area contributed by atoms with Crippen LogP contribution in [0.4, 0.5) is 0 Å². The summed E-state index contributed by atoms with van der Waals surface area (Å²) in [7, 11) is 1.70. The van der Waals surface area contributed by atoms with Crippen molar-refractivity contribution in [1.29, 1.82) is 0 Å². The van der Waals surface area contributed by atoms with Crippen molar-refractivity contribution in [1.82, 2.24) is 15.5 Å². The van der Waals surface area contributed by atoms with Gasteiger partial charge in [0.25, 0.3) is 0 Å². The molecule has 0 radical (unpaired) electrons. The van der Waals surface area contributed by atoms with Crippen LogP contribution in [-0.4, -0.2) is 49.9 Å². The Kier molecular flexibility index (Phi) is 5.97. The molecule has 1 aliphatic rings. The van der Waals surface area contributed by atoms with Crippen molar-refractivity contribution in [2.75, 3.05) is 33.2 Å². The largest absolute Gasteiger partial charge is 0.355 e. The lowest BCUT2D eigenvalue weighted by Crippen LogP contribution is -2.43. The molecule has 0 atom stereocenters. The molecule has 98 valence electrons. The zero-order valence-corrected chi connectivity index (χ0v) is 10.8. The van der Waals surface area contributed by atoms with E-state index in [-0.39, 0.29) is 24.3 Å². The smallest absolute Gasteiger partial charge is 0.239 e. The predicted octanol–water partition coefficient (Wildman–Crippen LogP) is -0.0294. The fourth-order valence-electron chi connectivity index (χ4n) is 1.99. The van der Waals surface area contributed by atoms with Gasteiger partial charge in [0.2, 0.25) is 11.8 Å². The average molecular weight is 241 g/mol. The molecule has 0 aromatic heterocycles. The molecule has 1 aliphatic heterocycles. The van der Waals surface area contributed by atoms with Gasteiger partial charge in [-0.1, -0.05) is 6.92 Å². The van der Waals surface area contributed by atoms with Crippen molar-refractivity contribution in [3.8, 4) is 0 Å². The molecule has 2 N–H and O–H groups in total. The van der Waals surface area contributed by atoms with Crippen LogP contribution in [0.2, 0.25) is 0 Å². The number of nitrogens with zero attached hydrogens (tertiary/aromatic N) is 1. The lowest BCUT2D eigenvalue weighted by Gasteiger charge is -2.26. The first-order valence-electron chi connectivity index (χ1n) is 6.37. The number of amides is 2. The molecule has 0 unspecified atom stereocenters. The van der Waals surface area contributed by atoms with Gasteiger partial charge in [0.1, 0.15) is 0 Å². The van der Waals surface area contributed by atoms with Crippen LogP contribution in [0.3, 0.4) is 0 Å². The van der Waals surface area contributed by atoms with Gasteiger partial charge in [-0.2, -0.15) is 0 Å². The molecule has 1 fully saturated rings. The summed E-state index contributed by atoms with van der Waals surface area (Å²) in [6.07, 6.45) is 2.66. The van der Waals surface area contributed by atoms with Gasteiger partial charge >= 0.3 is 0 Å². The second-order valence-electron chi connectivity index (χ2n) is 4.57. The number of rotatable bonds is 5. The van der Waals surface area contributed by atoms with Crippen molar-refractivity contribution in [3.05, 3.63) is 0 Å². The van der Waals surface area contributed by atoms with Crippen LogP contribution in [0.1, 0.15) is 26.2 Å². The lowest BCUT2D eigenvalue weighted by molar-refractivity contribution is -0.138. The second kappa shape index (κ2) is 7.27. The van der Waals surface area contributed by atoms with Crippen LogP contribution in [0.15, 0.2) is 0 Å². The average Bonchev–Trinajstić information content (AvgIpc) is 2.36. The number of nitrogens with one attached hydrogen (secondary N) is 2. The van der Waals surface area contributed by atoms with E-state index in [2.05, 4.69) is 10.6 Å². The molecule has 0 saturated carbocycles. The van der Waals surface area contributed by atoms with E-state index in [0.29, 0.717) is 6.54 Å². The van der Waals surface area contributed by atoms with Crippen LogP contribution >= 0.6 is 0 Å². The first-order valence-corrected chi connectivity index (χ1v) is 6.37. The zero-order valence-electron chi connectivity index (χ0n) is 10.8. The molecule has 1 saturated heterocycles. The Hall–Kier alpha value is -1.10. The highest BCUT2D eigenvalue weighted by molar-refractivity contribution is 5.85. The predicted molar refractivity (Wildman–Crippen MR) is 66.5 cm³/mol. The van der Waals surface area contributed by atoms with Gasteiger partial charge in [0.15, 0.2) is 0 Å². The van der Waals surface area contributed by atoms with E-state index in [1.807, 2.05) is 6.92 Å². The van der Waals surface area contributed by atoms with Crippen LogP contribution in [0.25, 0.3) is 0 Å². The fraction of sp³-hybridized carbons (Fsp3) is 0.833. The van der Waals surface area contributed by atoms with E-state index in [9.17, 15) is 9.59 Å². The van der Waals surface area contributed by atoms with Crippen LogP contribution in [0.5, 0.6) is 0 Å². The van der Waals surface area contributed by atoms with Gasteiger partial charge in [-0.3, -0.25) is 9.59 Å². The molecule has 1 rings (SSSR count). The molecule has 0 bridgehead atoms. The Bertz CT molecular complexity index is 262. The van der Waals surface area contributed by atoms with Crippen molar-refractivity contribution < 1.29 is 9.59 Å². The van der Waals surface area contributed by atoms with E-state index in [4.69, 9.17) is 0 Å². The lowest BCUT2D eigenvalue weighted by atomic mass is 9.97. The SMILES string of the molecule is CCCNC(=O)CN(C)C(=O)C1CCNCC1. The number of hydrogen-bond donors (Lipinski definition) is 2. The van der Waals surface area contributed by atoms with E-state index in [0.717, 1.165) is 32.4 Å². The third-order valence-electron chi connectivity index (χ3n) is 3.02. The molecule has 0 spiro atoms. The minimum absolute atomic E-state index is 0.0726. The van der Waals surface area contributed by atoms with Crippen LogP contribution in [-0.2, 0) is 9.59 Å². The molecule has 0 aromatic rings. The second-order valence-corrected chi connectivity index (χ2v) is 4.57. The molecular weight excluding hydrogens is 218 g/mol. The van der Waals surface area contributed by atoms with E-state index < -0.39 is 0 Å². The highest BCUT2D eigenvalue weighted by Gasteiger charge is 2.24. The number of carbonyl (C=O) groups excluding carboxylic acids is 2. The van der Waals surface area contributed by atoms with Gasteiger partial charge in [0, 0.05) is 19.5 Å². The summed E-state index contributed by atoms with van der Waals surface area (Å²) in [6.45, 7) is 4.64. The van der Waals surface area contributed by atoms with E-state index >= 15 is 0 Å². The normalized spacial score (nSPS) is 16.6. The quantitative estimate of drug-likeness (QED) is 0.710. The topological polar surface area (TPSA) is 61.4 Å². The molecule has 0 aromatic carbocycles. The summed E-state index contributed by atoms with van der Waals surface area (Å²) in [4.78, 5) is 25.1. The number of hydrogen-bond acceptors (Lipinski definition) is 3.